The fraction of sp³-hybridized carbons (Fsp3) is 0.0435. The van der Waals surface area contributed by atoms with Crippen molar-refractivity contribution in [3.8, 4) is 0 Å². The first-order valence-electron chi connectivity index (χ1n) is 9.50. The van der Waals surface area contributed by atoms with Crippen LogP contribution in [0, 0.1) is 5.82 Å². The topological polar surface area (TPSA) is 74.7 Å². The summed E-state index contributed by atoms with van der Waals surface area (Å²) in [6, 6.07) is 17.2. The predicted octanol–water partition coefficient (Wildman–Crippen LogP) is 5.77. The third-order valence-corrected chi connectivity index (χ3v) is 5.06. The summed E-state index contributed by atoms with van der Waals surface area (Å²) in [6.07, 6.45) is 5.71. The molecule has 0 unspecified atom stereocenters. The molecule has 2 aromatic carbocycles. The largest absolute Gasteiger partial charge is 0.346 e. The number of halogens is 2. The number of amides is 2. The van der Waals surface area contributed by atoms with E-state index in [0.717, 1.165) is 27.5 Å². The van der Waals surface area contributed by atoms with Crippen molar-refractivity contribution >= 4 is 51.7 Å². The summed E-state index contributed by atoms with van der Waals surface area (Å²) >= 11 is 0. The fourth-order valence-electron chi connectivity index (χ4n) is 3.64. The molecule has 5 aromatic rings. The minimum absolute atomic E-state index is 0. The fourth-order valence-corrected chi connectivity index (χ4v) is 3.64. The number of pyridine rings is 1. The van der Waals surface area contributed by atoms with Gasteiger partial charge in [-0.1, -0.05) is 18.2 Å². The Balaban J connectivity index is 0.00000231. The number of nitrogens with zero attached hydrogens (tertiary/aromatic N) is 2. The van der Waals surface area contributed by atoms with Gasteiger partial charge in [0.05, 0.1) is 16.9 Å². The van der Waals surface area contributed by atoms with Gasteiger partial charge in [0.15, 0.2) is 0 Å². The number of para-hydroxylation sites is 1. The molecule has 31 heavy (non-hydrogen) atoms. The van der Waals surface area contributed by atoms with E-state index < -0.39 is 11.8 Å². The van der Waals surface area contributed by atoms with Crippen LogP contribution in [0.15, 0.2) is 79.3 Å². The number of aromatic amines is 1. The number of carbonyl (C=O) groups excluding carboxylic acids is 1. The Bertz CT molecular complexity index is 1380. The van der Waals surface area contributed by atoms with E-state index in [1.807, 2.05) is 48.8 Å². The molecule has 0 aliphatic rings. The molecular weight excluding hydrogens is 417 g/mol. The first-order chi connectivity index (χ1) is 14.7. The Morgan fingerprint density at radius 1 is 0.968 bits per heavy atom. The van der Waals surface area contributed by atoms with Crippen LogP contribution in [0.4, 0.5) is 20.6 Å². The minimum atomic E-state index is -0.497. The number of fused-ring (bicyclic) bond motifs is 2. The van der Waals surface area contributed by atoms with E-state index in [2.05, 4.69) is 25.2 Å². The SMILES string of the molecule is Cl.O=C(Nc1ccccc1F)Nc1cccc2c1ccn2Cc1c[nH]c2ncccc12. The van der Waals surface area contributed by atoms with Gasteiger partial charge in [0.1, 0.15) is 11.5 Å². The van der Waals surface area contributed by atoms with Gasteiger partial charge >= 0.3 is 6.03 Å². The van der Waals surface area contributed by atoms with Crippen LogP contribution >= 0.6 is 12.4 Å². The molecule has 0 radical (unpaired) electrons. The van der Waals surface area contributed by atoms with Gasteiger partial charge in [0.2, 0.25) is 0 Å². The minimum Gasteiger partial charge on any atom is -0.346 e. The maximum atomic E-state index is 13.8. The zero-order chi connectivity index (χ0) is 20.5. The highest BCUT2D eigenvalue weighted by atomic mass is 35.5. The van der Waals surface area contributed by atoms with Crippen molar-refractivity contribution in [2.45, 2.75) is 6.54 Å². The van der Waals surface area contributed by atoms with Crippen molar-refractivity contribution in [1.82, 2.24) is 14.5 Å². The van der Waals surface area contributed by atoms with E-state index in [0.29, 0.717) is 12.2 Å². The highest BCUT2D eigenvalue weighted by molar-refractivity contribution is 6.05. The molecule has 0 atom stereocenters. The predicted molar refractivity (Wildman–Crippen MR) is 123 cm³/mol. The molecule has 5 rings (SSSR count). The molecule has 0 aliphatic carbocycles. The van der Waals surface area contributed by atoms with Crippen LogP contribution in [0.2, 0.25) is 0 Å². The van der Waals surface area contributed by atoms with Gasteiger partial charge in [0.25, 0.3) is 0 Å². The average Bonchev–Trinajstić information content (AvgIpc) is 3.35. The van der Waals surface area contributed by atoms with Crippen LogP contribution < -0.4 is 10.6 Å². The number of aromatic nitrogens is 3. The molecule has 3 aromatic heterocycles. The van der Waals surface area contributed by atoms with Crippen LogP contribution in [0.5, 0.6) is 0 Å². The number of H-pyrrole nitrogens is 1. The lowest BCUT2D eigenvalue weighted by Crippen LogP contribution is -2.20. The van der Waals surface area contributed by atoms with E-state index in [9.17, 15) is 9.18 Å². The second-order valence-electron chi connectivity index (χ2n) is 6.95. The van der Waals surface area contributed by atoms with Crippen LogP contribution in [0.25, 0.3) is 21.9 Å². The second-order valence-corrected chi connectivity index (χ2v) is 6.95. The number of hydrogen-bond donors (Lipinski definition) is 3. The van der Waals surface area contributed by atoms with Crippen molar-refractivity contribution in [3.63, 3.8) is 0 Å². The molecule has 0 spiro atoms. The second kappa shape index (κ2) is 8.49. The van der Waals surface area contributed by atoms with Gasteiger partial charge in [-0.05, 0) is 48.0 Å². The standard InChI is InChI=1S/C23H18FN5O.ClH/c24-18-6-1-2-7-20(18)28-23(30)27-19-8-3-9-21-17(19)10-12-29(21)14-15-13-26-22-16(15)5-4-11-25-22;/h1-13H,14H2,(H,25,26)(H2,27,28,30);1H. The summed E-state index contributed by atoms with van der Waals surface area (Å²) in [6.45, 7) is 0.667. The summed E-state index contributed by atoms with van der Waals surface area (Å²) in [5.41, 5.74) is 3.76. The average molecular weight is 436 g/mol. The van der Waals surface area contributed by atoms with Crippen molar-refractivity contribution < 1.29 is 9.18 Å². The molecule has 8 heteroatoms. The van der Waals surface area contributed by atoms with E-state index >= 15 is 0 Å². The molecule has 0 aliphatic heterocycles. The molecule has 3 heterocycles. The molecule has 0 bridgehead atoms. The molecule has 3 N–H and O–H groups in total. The Hall–Kier alpha value is -3.84. The van der Waals surface area contributed by atoms with E-state index in [4.69, 9.17) is 0 Å². The smallest absolute Gasteiger partial charge is 0.323 e. The first kappa shape index (κ1) is 20.4. The van der Waals surface area contributed by atoms with E-state index in [1.54, 1.807) is 18.3 Å². The summed E-state index contributed by atoms with van der Waals surface area (Å²) in [5, 5.41) is 7.34. The van der Waals surface area contributed by atoms with Crippen LogP contribution in [-0.4, -0.2) is 20.6 Å². The zero-order valence-corrected chi connectivity index (χ0v) is 17.1. The molecule has 0 saturated heterocycles. The van der Waals surface area contributed by atoms with Gasteiger partial charge in [0, 0.05) is 35.9 Å². The Morgan fingerprint density at radius 3 is 2.65 bits per heavy atom. The Kier molecular flexibility index (Phi) is 5.60. The monoisotopic (exact) mass is 435 g/mol. The van der Waals surface area contributed by atoms with Gasteiger partial charge in [-0.3, -0.25) is 0 Å². The normalized spacial score (nSPS) is 10.7. The van der Waals surface area contributed by atoms with Crippen LogP contribution in [0.1, 0.15) is 5.56 Å². The van der Waals surface area contributed by atoms with Crippen LogP contribution in [0.3, 0.4) is 0 Å². The highest BCUT2D eigenvalue weighted by Crippen LogP contribution is 2.27. The Labute approximate surface area is 183 Å². The van der Waals surface area contributed by atoms with E-state index in [-0.39, 0.29) is 18.1 Å². The summed E-state index contributed by atoms with van der Waals surface area (Å²) in [4.78, 5) is 19.9. The Morgan fingerprint density at radius 2 is 1.77 bits per heavy atom. The molecule has 6 nitrogen and oxygen atoms in total. The molecule has 0 fully saturated rings. The van der Waals surface area contributed by atoms with Crippen molar-refractivity contribution in [2.75, 3.05) is 10.6 Å². The van der Waals surface area contributed by atoms with Crippen molar-refractivity contribution in [2.24, 2.45) is 0 Å². The summed E-state index contributed by atoms with van der Waals surface area (Å²) in [5.74, 6) is -0.481. The molecule has 2 amide bonds. The number of hydrogen-bond acceptors (Lipinski definition) is 2. The van der Waals surface area contributed by atoms with Gasteiger partial charge < -0.3 is 20.2 Å². The lowest BCUT2D eigenvalue weighted by Gasteiger charge is -2.10. The number of nitrogens with one attached hydrogen (secondary N) is 3. The maximum absolute atomic E-state index is 13.8. The number of carbonyl (C=O) groups is 1. The summed E-state index contributed by atoms with van der Waals surface area (Å²) < 4.78 is 15.9. The number of anilines is 2. The van der Waals surface area contributed by atoms with E-state index in [1.165, 1.54) is 12.1 Å². The molecule has 156 valence electrons. The van der Waals surface area contributed by atoms with Crippen LogP contribution in [-0.2, 0) is 6.54 Å². The lowest BCUT2D eigenvalue weighted by atomic mass is 10.2. The molecule has 0 saturated carbocycles. The third-order valence-electron chi connectivity index (χ3n) is 5.06. The number of benzene rings is 2. The number of urea groups is 1. The highest BCUT2D eigenvalue weighted by Gasteiger charge is 2.12. The third kappa shape index (κ3) is 3.95. The summed E-state index contributed by atoms with van der Waals surface area (Å²) in [7, 11) is 0. The maximum Gasteiger partial charge on any atom is 0.323 e. The number of rotatable bonds is 4. The lowest BCUT2D eigenvalue weighted by molar-refractivity contribution is 0.262. The van der Waals surface area contributed by atoms with Crippen molar-refractivity contribution in [3.05, 3.63) is 90.6 Å². The quantitative estimate of drug-likeness (QED) is 0.335. The van der Waals surface area contributed by atoms with Gasteiger partial charge in [-0.2, -0.15) is 0 Å². The molecular formula is C23H19ClFN5O. The van der Waals surface area contributed by atoms with Gasteiger partial charge in [-0.15, -0.1) is 12.4 Å². The zero-order valence-electron chi connectivity index (χ0n) is 16.3. The first-order valence-corrected chi connectivity index (χ1v) is 9.50. The van der Waals surface area contributed by atoms with Gasteiger partial charge in [-0.25, -0.2) is 14.2 Å². The van der Waals surface area contributed by atoms with Crippen molar-refractivity contribution in [1.29, 1.82) is 0 Å².